The van der Waals surface area contributed by atoms with Gasteiger partial charge in [-0.1, -0.05) is 17.7 Å². The molecule has 2 aromatic heterocycles. The summed E-state index contributed by atoms with van der Waals surface area (Å²) in [7, 11) is 0. The molecule has 2 aromatic carbocycles. The second-order valence-corrected chi connectivity index (χ2v) is 8.84. The monoisotopic (exact) mass is 507 g/mol. The molecular weight excluding hydrogens is 486 g/mol. The molecule has 0 radical (unpaired) electrons. The van der Waals surface area contributed by atoms with Crippen molar-refractivity contribution in [2.45, 2.75) is 6.92 Å². The van der Waals surface area contributed by atoms with Gasteiger partial charge >= 0.3 is 12.1 Å². The number of imidazole rings is 1. The van der Waals surface area contributed by atoms with Gasteiger partial charge < -0.3 is 29.7 Å². The molecular formula is C25H22ClN5O5. The van der Waals surface area contributed by atoms with Crippen molar-refractivity contribution in [3.63, 3.8) is 0 Å². The fourth-order valence-corrected chi connectivity index (χ4v) is 4.42. The van der Waals surface area contributed by atoms with E-state index in [0.29, 0.717) is 53.5 Å². The maximum atomic E-state index is 11.4. The van der Waals surface area contributed by atoms with E-state index in [4.69, 9.17) is 21.4 Å². The molecule has 184 valence electrons. The minimum Gasteiger partial charge on any atom is -0.478 e. The van der Waals surface area contributed by atoms with Crippen molar-refractivity contribution >= 4 is 40.5 Å². The largest absolute Gasteiger partial charge is 0.478 e. The molecule has 1 aliphatic rings. The second-order valence-electron chi connectivity index (χ2n) is 8.44. The van der Waals surface area contributed by atoms with Crippen LogP contribution in [0.3, 0.4) is 0 Å². The molecule has 1 saturated heterocycles. The first-order valence-corrected chi connectivity index (χ1v) is 11.6. The van der Waals surface area contributed by atoms with Gasteiger partial charge in [0.15, 0.2) is 0 Å². The van der Waals surface area contributed by atoms with Crippen LogP contribution in [0.25, 0.3) is 22.2 Å². The van der Waals surface area contributed by atoms with Crippen LogP contribution in [0.2, 0.25) is 5.02 Å². The van der Waals surface area contributed by atoms with Gasteiger partial charge in [0.1, 0.15) is 11.6 Å². The number of aryl methyl sites for hydroxylation is 1. The first kappa shape index (κ1) is 23.4. The third-order valence-electron chi connectivity index (χ3n) is 6.14. The highest BCUT2D eigenvalue weighted by atomic mass is 35.5. The number of halogens is 1. The molecule has 0 unspecified atom stereocenters. The summed E-state index contributed by atoms with van der Waals surface area (Å²) in [6, 6.07) is 12.4. The maximum absolute atomic E-state index is 11.4. The van der Waals surface area contributed by atoms with Crippen LogP contribution in [0.4, 0.5) is 10.6 Å². The van der Waals surface area contributed by atoms with Crippen molar-refractivity contribution in [3.05, 3.63) is 64.8 Å². The van der Waals surface area contributed by atoms with Crippen molar-refractivity contribution in [2.24, 2.45) is 0 Å². The standard InChI is InChI=1S/C25H22ClN5O5/c1-14-2-4-16(10-17(14)23(32)33)36-24-28-20-11-18(19(26)12-21(20)29-24)15-3-5-22(27-13-15)30-6-8-31(9-7-30)25(34)35/h2-5,10-13H,6-9H2,1H3,(H,28,29)(H,32,33)(H,34,35). The van der Waals surface area contributed by atoms with Crippen LogP contribution in [0, 0.1) is 6.92 Å². The highest BCUT2D eigenvalue weighted by molar-refractivity contribution is 6.34. The Balaban J connectivity index is 1.36. The normalized spacial score (nSPS) is 13.7. The van der Waals surface area contributed by atoms with Crippen LogP contribution >= 0.6 is 11.6 Å². The van der Waals surface area contributed by atoms with Crippen LogP contribution in [-0.2, 0) is 0 Å². The predicted octanol–water partition coefficient (Wildman–Crippen LogP) is 4.88. The molecule has 10 nitrogen and oxygen atoms in total. The SMILES string of the molecule is Cc1ccc(Oc2nc3cc(-c4ccc(N5CCN(C(=O)O)CC5)nc4)c(Cl)cc3[nH]2)cc1C(=O)O. The molecule has 1 amide bonds. The lowest BCUT2D eigenvalue weighted by molar-refractivity contribution is 0.0695. The number of H-pyrrole nitrogens is 1. The number of hydrogen-bond donors (Lipinski definition) is 3. The molecule has 1 fully saturated rings. The Morgan fingerprint density at radius 2 is 1.83 bits per heavy atom. The van der Waals surface area contributed by atoms with Crippen LogP contribution in [0.5, 0.6) is 11.8 Å². The third-order valence-corrected chi connectivity index (χ3v) is 6.45. The molecule has 4 aromatic rings. The number of hydrogen-bond acceptors (Lipinski definition) is 6. The van der Waals surface area contributed by atoms with E-state index < -0.39 is 12.1 Å². The number of pyridine rings is 1. The number of carboxylic acids is 1. The fraction of sp³-hybridized carbons (Fsp3) is 0.200. The minimum atomic E-state index is -1.03. The van der Waals surface area contributed by atoms with Gasteiger partial charge in [-0.05, 0) is 48.9 Å². The van der Waals surface area contributed by atoms with Gasteiger partial charge in [-0.2, -0.15) is 4.98 Å². The second kappa shape index (κ2) is 9.38. The summed E-state index contributed by atoms with van der Waals surface area (Å²) in [4.78, 5) is 38.1. The number of fused-ring (bicyclic) bond motifs is 1. The van der Waals surface area contributed by atoms with Crippen molar-refractivity contribution in [1.82, 2.24) is 19.9 Å². The lowest BCUT2D eigenvalue weighted by Gasteiger charge is -2.33. The number of rotatable bonds is 5. The number of aromatic amines is 1. The molecule has 3 N–H and O–H groups in total. The summed E-state index contributed by atoms with van der Waals surface area (Å²) < 4.78 is 5.77. The molecule has 0 aliphatic carbocycles. The molecule has 0 spiro atoms. The minimum absolute atomic E-state index is 0.161. The summed E-state index contributed by atoms with van der Waals surface area (Å²) in [5.41, 5.74) is 3.66. The molecule has 1 aliphatic heterocycles. The lowest BCUT2D eigenvalue weighted by Crippen LogP contribution is -2.48. The van der Waals surface area contributed by atoms with E-state index >= 15 is 0 Å². The molecule has 0 saturated carbocycles. The van der Waals surface area contributed by atoms with E-state index in [0.717, 1.165) is 16.9 Å². The van der Waals surface area contributed by atoms with E-state index in [1.807, 2.05) is 23.1 Å². The first-order valence-electron chi connectivity index (χ1n) is 11.2. The average molecular weight is 508 g/mol. The van der Waals surface area contributed by atoms with E-state index in [1.54, 1.807) is 31.3 Å². The van der Waals surface area contributed by atoms with Gasteiger partial charge in [-0.15, -0.1) is 0 Å². The smallest absolute Gasteiger partial charge is 0.407 e. The number of ether oxygens (including phenoxy) is 1. The molecule has 11 heteroatoms. The Labute approximate surface area is 210 Å². The van der Waals surface area contributed by atoms with E-state index in [1.165, 1.54) is 11.0 Å². The zero-order valence-electron chi connectivity index (χ0n) is 19.2. The van der Waals surface area contributed by atoms with Crippen LogP contribution in [0.15, 0.2) is 48.7 Å². The Morgan fingerprint density at radius 1 is 1.06 bits per heavy atom. The van der Waals surface area contributed by atoms with Gasteiger partial charge in [-0.25, -0.2) is 14.6 Å². The predicted molar refractivity (Wildman–Crippen MR) is 134 cm³/mol. The van der Waals surface area contributed by atoms with Gasteiger partial charge in [0.2, 0.25) is 0 Å². The van der Waals surface area contributed by atoms with E-state index in [9.17, 15) is 14.7 Å². The van der Waals surface area contributed by atoms with E-state index in [-0.39, 0.29) is 11.6 Å². The third kappa shape index (κ3) is 4.63. The number of benzene rings is 2. The van der Waals surface area contributed by atoms with Gasteiger partial charge in [0, 0.05) is 43.5 Å². The number of piperazine rings is 1. The number of nitrogens with zero attached hydrogens (tertiary/aromatic N) is 4. The molecule has 3 heterocycles. The maximum Gasteiger partial charge on any atom is 0.407 e. The number of aromatic carboxylic acids is 1. The Bertz CT molecular complexity index is 1460. The van der Waals surface area contributed by atoms with Crippen molar-refractivity contribution in [3.8, 4) is 22.9 Å². The highest BCUT2D eigenvalue weighted by Crippen LogP contribution is 2.33. The topological polar surface area (TPSA) is 132 Å². The van der Waals surface area contributed by atoms with Gasteiger partial charge in [-0.3, -0.25) is 0 Å². The Morgan fingerprint density at radius 3 is 2.50 bits per heavy atom. The highest BCUT2D eigenvalue weighted by Gasteiger charge is 2.21. The number of anilines is 1. The summed E-state index contributed by atoms with van der Waals surface area (Å²) in [5.74, 6) is 0.101. The van der Waals surface area contributed by atoms with Crippen molar-refractivity contribution < 1.29 is 24.5 Å². The molecule has 36 heavy (non-hydrogen) atoms. The first-order chi connectivity index (χ1) is 17.3. The molecule has 0 bridgehead atoms. The van der Waals surface area contributed by atoms with E-state index in [2.05, 4.69) is 15.0 Å². The van der Waals surface area contributed by atoms with Crippen molar-refractivity contribution in [2.75, 3.05) is 31.1 Å². The Kier molecular flexibility index (Phi) is 6.11. The van der Waals surface area contributed by atoms with Crippen LogP contribution in [-0.4, -0.2) is 68.3 Å². The molecule has 0 atom stereocenters. The summed E-state index contributed by atoms with van der Waals surface area (Å²) in [6.45, 7) is 3.75. The zero-order chi connectivity index (χ0) is 25.4. The summed E-state index contributed by atoms with van der Waals surface area (Å²) >= 11 is 6.56. The van der Waals surface area contributed by atoms with Crippen LogP contribution < -0.4 is 9.64 Å². The van der Waals surface area contributed by atoms with Crippen molar-refractivity contribution in [1.29, 1.82) is 0 Å². The summed E-state index contributed by atoms with van der Waals surface area (Å²) in [6.07, 6.45) is 0.828. The van der Waals surface area contributed by atoms with Gasteiger partial charge in [0.05, 0.1) is 21.6 Å². The molecule has 5 rings (SSSR count). The lowest BCUT2D eigenvalue weighted by atomic mass is 10.1. The number of carboxylic acid groups (broad SMARTS) is 2. The number of aromatic nitrogens is 3. The van der Waals surface area contributed by atoms with Crippen LogP contribution in [0.1, 0.15) is 15.9 Å². The number of amides is 1. The fourth-order valence-electron chi connectivity index (χ4n) is 4.14. The zero-order valence-corrected chi connectivity index (χ0v) is 20.0. The quantitative estimate of drug-likeness (QED) is 0.348. The average Bonchev–Trinajstić information content (AvgIpc) is 3.25. The Hall–Kier alpha value is -4.31. The number of nitrogens with one attached hydrogen (secondary N) is 1. The summed E-state index contributed by atoms with van der Waals surface area (Å²) in [5, 5.41) is 19.0. The van der Waals surface area contributed by atoms with Gasteiger partial charge in [0.25, 0.3) is 6.01 Å². The number of carbonyl (C=O) groups is 2.